The summed E-state index contributed by atoms with van der Waals surface area (Å²) in [5, 5.41) is 5.71. The molecule has 26 heavy (non-hydrogen) atoms. The van der Waals surface area contributed by atoms with Gasteiger partial charge in [-0.2, -0.15) is 0 Å². The van der Waals surface area contributed by atoms with E-state index in [1.54, 1.807) is 14.1 Å². The molecule has 0 spiro atoms. The van der Waals surface area contributed by atoms with Crippen molar-refractivity contribution in [2.45, 2.75) is 63.5 Å². The van der Waals surface area contributed by atoms with E-state index in [1.807, 2.05) is 0 Å². The van der Waals surface area contributed by atoms with Crippen LogP contribution in [0.4, 0.5) is 0 Å². The van der Waals surface area contributed by atoms with Crippen LogP contribution in [0.1, 0.15) is 51.4 Å². The molecule has 0 heterocycles. The fraction of sp³-hybridized carbons (Fsp3) is 0.778. The van der Waals surface area contributed by atoms with Gasteiger partial charge in [-0.15, -0.1) is 0 Å². The molecule has 0 aromatic carbocycles. The Bertz CT molecular complexity index is 495. The molecule has 2 aliphatic rings. The summed E-state index contributed by atoms with van der Waals surface area (Å²) in [4.78, 5) is 50.4. The van der Waals surface area contributed by atoms with E-state index in [2.05, 4.69) is 10.6 Å². The molecule has 146 valence electrons. The molecule has 2 aliphatic carbocycles. The molecule has 2 rings (SSSR count). The first-order valence-corrected chi connectivity index (χ1v) is 9.42. The second-order valence-electron chi connectivity index (χ2n) is 7.31. The molecule has 4 amide bonds. The van der Waals surface area contributed by atoms with Crippen molar-refractivity contribution in [2.24, 2.45) is 0 Å². The summed E-state index contributed by atoms with van der Waals surface area (Å²) in [5.41, 5.74) is 0. The van der Waals surface area contributed by atoms with Crippen LogP contribution in [0, 0.1) is 0 Å². The standard InChI is InChI=1S/C18H30N4O4/c1-21(17(25)9-7-15(23)19-13-3-4-13)11-12-22(2)18(26)10-8-16(24)20-14-5-6-14/h13-14H,3-12H2,1-2H3,(H,19,23)(H,20,24). The summed E-state index contributed by atoms with van der Waals surface area (Å²) < 4.78 is 0. The lowest BCUT2D eigenvalue weighted by atomic mass is 10.2. The molecular weight excluding hydrogens is 336 g/mol. The lowest BCUT2D eigenvalue weighted by Crippen LogP contribution is -2.38. The van der Waals surface area contributed by atoms with Crippen molar-refractivity contribution in [3.63, 3.8) is 0 Å². The maximum absolute atomic E-state index is 12.0. The Morgan fingerprint density at radius 2 is 1.04 bits per heavy atom. The Morgan fingerprint density at radius 3 is 1.35 bits per heavy atom. The predicted octanol–water partition coefficient (Wildman–Crippen LogP) is 0.0208. The van der Waals surface area contributed by atoms with Crippen LogP contribution in [0.2, 0.25) is 0 Å². The first-order chi connectivity index (χ1) is 12.3. The summed E-state index contributed by atoms with van der Waals surface area (Å²) in [6.07, 6.45) is 4.87. The van der Waals surface area contributed by atoms with Crippen molar-refractivity contribution in [1.82, 2.24) is 20.4 Å². The summed E-state index contributed by atoms with van der Waals surface area (Å²) in [6.45, 7) is 0.805. The molecule has 2 saturated carbocycles. The fourth-order valence-electron chi connectivity index (χ4n) is 2.43. The van der Waals surface area contributed by atoms with Crippen molar-refractivity contribution in [2.75, 3.05) is 27.2 Å². The Kier molecular flexibility index (Phi) is 7.41. The van der Waals surface area contributed by atoms with Gasteiger partial charge in [0, 0.05) is 65.0 Å². The molecule has 0 aromatic rings. The molecule has 0 atom stereocenters. The lowest BCUT2D eigenvalue weighted by Gasteiger charge is -2.22. The minimum Gasteiger partial charge on any atom is -0.353 e. The van der Waals surface area contributed by atoms with Gasteiger partial charge in [-0.3, -0.25) is 19.2 Å². The molecule has 0 aliphatic heterocycles. The molecule has 2 N–H and O–H groups in total. The molecule has 0 bridgehead atoms. The second-order valence-corrected chi connectivity index (χ2v) is 7.31. The zero-order chi connectivity index (χ0) is 19.1. The molecule has 0 unspecified atom stereocenters. The third-order valence-electron chi connectivity index (χ3n) is 4.64. The Labute approximate surface area is 154 Å². The van der Waals surface area contributed by atoms with Gasteiger partial charge in [-0.25, -0.2) is 0 Å². The fourth-order valence-corrected chi connectivity index (χ4v) is 2.43. The average Bonchev–Trinajstić information content (AvgIpc) is 3.52. The van der Waals surface area contributed by atoms with Crippen molar-refractivity contribution in [3.05, 3.63) is 0 Å². The van der Waals surface area contributed by atoms with Crippen molar-refractivity contribution >= 4 is 23.6 Å². The number of carbonyl (C=O) groups is 4. The van der Waals surface area contributed by atoms with Gasteiger partial charge in [0.25, 0.3) is 0 Å². The lowest BCUT2D eigenvalue weighted by molar-refractivity contribution is -0.135. The second kappa shape index (κ2) is 9.54. The Balaban J connectivity index is 1.55. The maximum Gasteiger partial charge on any atom is 0.222 e. The van der Waals surface area contributed by atoms with E-state index in [-0.39, 0.29) is 49.3 Å². The molecule has 8 heteroatoms. The zero-order valence-electron chi connectivity index (χ0n) is 15.8. The van der Waals surface area contributed by atoms with E-state index < -0.39 is 0 Å². The number of nitrogens with one attached hydrogen (secondary N) is 2. The molecule has 8 nitrogen and oxygen atoms in total. The Hall–Kier alpha value is -2.12. The zero-order valence-corrected chi connectivity index (χ0v) is 15.8. The van der Waals surface area contributed by atoms with Crippen LogP contribution in [0.15, 0.2) is 0 Å². The van der Waals surface area contributed by atoms with Crippen LogP contribution < -0.4 is 10.6 Å². The van der Waals surface area contributed by atoms with Gasteiger partial charge in [0.05, 0.1) is 0 Å². The van der Waals surface area contributed by atoms with Gasteiger partial charge in [0.1, 0.15) is 0 Å². The van der Waals surface area contributed by atoms with Crippen LogP contribution >= 0.6 is 0 Å². The van der Waals surface area contributed by atoms with E-state index in [0.717, 1.165) is 25.7 Å². The van der Waals surface area contributed by atoms with E-state index >= 15 is 0 Å². The number of nitrogens with zero attached hydrogens (tertiary/aromatic N) is 2. The SMILES string of the molecule is CN(CCN(C)C(=O)CCC(=O)NC1CC1)C(=O)CCC(=O)NC1CC1. The van der Waals surface area contributed by atoms with E-state index in [9.17, 15) is 19.2 Å². The van der Waals surface area contributed by atoms with E-state index in [1.165, 1.54) is 9.80 Å². The monoisotopic (exact) mass is 366 g/mol. The Morgan fingerprint density at radius 1 is 0.692 bits per heavy atom. The third-order valence-corrected chi connectivity index (χ3v) is 4.64. The van der Waals surface area contributed by atoms with Gasteiger partial charge < -0.3 is 20.4 Å². The topological polar surface area (TPSA) is 98.8 Å². The highest BCUT2D eigenvalue weighted by Gasteiger charge is 2.24. The minimum absolute atomic E-state index is 0.0778. The van der Waals surface area contributed by atoms with Gasteiger partial charge in [-0.1, -0.05) is 0 Å². The van der Waals surface area contributed by atoms with E-state index in [4.69, 9.17) is 0 Å². The van der Waals surface area contributed by atoms with Gasteiger partial charge in [-0.05, 0) is 25.7 Å². The first-order valence-electron chi connectivity index (χ1n) is 9.42. The highest BCUT2D eigenvalue weighted by Crippen LogP contribution is 2.19. The highest BCUT2D eigenvalue weighted by molar-refractivity contribution is 5.85. The molecule has 0 saturated heterocycles. The van der Waals surface area contributed by atoms with Crippen LogP contribution in [0.25, 0.3) is 0 Å². The van der Waals surface area contributed by atoms with Crippen molar-refractivity contribution in [3.8, 4) is 0 Å². The largest absolute Gasteiger partial charge is 0.353 e. The number of rotatable bonds is 11. The number of amides is 4. The van der Waals surface area contributed by atoms with Gasteiger partial charge >= 0.3 is 0 Å². The average molecular weight is 366 g/mol. The number of likely N-dealkylation sites (N-methyl/N-ethyl adjacent to an activating group) is 2. The number of hydrogen-bond acceptors (Lipinski definition) is 4. The van der Waals surface area contributed by atoms with Crippen LogP contribution in [-0.4, -0.2) is 72.7 Å². The quantitative estimate of drug-likeness (QED) is 0.539. The van der Waals surface area contributed by atoms with Crippen LogP contribution in [0.3, 0.4) is 0 Å². The molecule has 0 radical (unpaired) electrons. The third kappa shape index (κ3) is 7.84. The van der Waals surface area contributed by atoms with Gasteiger partial charge in [0.2, 0.25) is 23.6 Å². The number of hydrogen-bond donors (Lipinski definition) is 2. The van der Waals surface area contributed by atoms with Crippen molar-refractivity contribution < 1.29 is 19.2 Å². The minimum atomic E-state index is -0.111. The normalized spacial score (nSPS) is 15.9. The summed E-state index contributed by atoms with van der Waals surface area (Å²) in [6, 6.07) is 0.614. The summed E-state index contributed by atoms with van der Waals surface area (Å²) in [7, 11) is 3.34. The molecule has 2 fully saturated rings. The summed E-state index contributed by atoms with van der Waals surface area (Å²) in [5.74, 6) is -0.377. The first kappa shape index (κ1) is 20.2. The smallest absolute Gasteiger partial charge is 0.222 e. The molecule has 0 aromatic heterocycles. The van der Waals surface area contributed by atoms with Crippen LogP contribution in [0.5, 0.6) is 0 Å². The van der Waals surface area contributed by atoms with E-state index in [0.29, 0.717) is 25.2 Å². The van der Waals surface area contributed by atoms with Gasteiger partial charge in [0.15, 0.2) is 0 Å². The maximum atomic E-state index is 12.0. The predicted molar refractivity (Wildman–Crippen MR) is 96.1 cm³/mol. The van der Waals surface area contributed by atoms with Crippen molar-refractivity contribution in [1.29, 1.82) is 0 Å². The molecular formula is C18H30N4O4. The number of carbonyl (C=O) groups excluding carboxylic acids is 4. The highest BCUT2D eigenvalue weighted by atomic mass is 16.2. The summed E-state index contributed by atoms with van der Waals surface area (Å²) >= 11 is 0. The van der Waals surface area contributed by atoms with Crippen LogP contribution in [-0.2, 0) is 19.2 Å².